The number of methoxy groups -OCH3 is 1. The zero-order valence-electron chi connectivity index (χ0n) is 17.5. The highest BCUT2D eigenvalue weighted by molar-refractivity contribution is 6.30. The van der Waals surface area contributed by atoms with E-state index in [2.05, 4.69) is 15.3 Å². The Morgan fingerprint density at radius 1 is 1.25 bits per heavy atom. The van der Waals surface area contributed by atoms with Crippen LogP contribution in [0.3, 0.4) is 0 Å². The number of anilines is 2. The molecule has 1 amide bonds. The van der Waals surface area contributed by atoms with Crippen LogP contribution in [0, 0.1) is 0 Å². The summed E-state index contributed by atoms with van der Waals surface area (Å²) in [7, 11) is 1.34. The van der Waals surface area contributed by atoms with Crippen molar-refractivity contribution in [3.8, 4) is 5.88 Å². The van der Waals surface area contributed by atoms with Gasteiger partial charge in [-0.25, -0.2) is 9.78 Å². The number of aromatic nitrogens is 2. The lowest BCUT2D eigenvalue weighted by Crippen LogP contribution is -2.39. The minimum atomic E-state index is -0.394. The van der Waals surface area contributed by atoms with Gasteiger partial charge in [0.25, 0.3) is 5.91 Å². The molecular formula is C23H21ClN4O4. The fourth-order valence-electron chi connectivity index (χ4n) is 3.45. The second kappa shape index (κ2) is 9.23. The van der Waals surface area contributed by atoms with E-state index in [1.54, 1.807) is 23.1 Å². The molecule has 0 spiro atoms. The predicted molar refractivity (Wildman–Crippen MR) is 120 cm³/mol. The zero-order valence-corrected chi connectivity index (χ0v) is 18.3. The van der Waals surface area contributed by atoms with E-state index in [1.165, 1.54) is 13.4 Å². The van der Waals surface area contributed by atoms with Crippen molar-refractivity contribution in [3.63, 3.8) is 0 Å². The summed E-state index contributed by atoms with van der Waals surface area (Å²) in [6.45, 7) is 2.16. The number of hydrogen-bond donors (Lipinski definition) is 1. The molecule has 1 atom stereocenters. The van der Waals surface area contributed by atoms with E-state index in [0.29, 0.717) is 34.5 Å². The summed E-state index contributed by atoms with van der Waals surface area (Å²) in [5, 5.41) is 3.92. The Morgan fingerprint density at radius 2 is 2.03 bits per heavy atom. The molecule has 164 valence electrons. The Kier molecular flexibility index (Phi) is 6.23. The molecule has 1 unspecified atom stereocenters. The van der Waals surface area contributed by atoms with Crippen molar-refractivity contribution in [2.45, 2.75) is 19.5 Å². The van der Waals surface area contributed by atoms with E-state index in [4.69, 9.17) is 21.1 Å². The molecule has 1 aliphatic rings. The summed E-state index contributed by atoms with van der Waals surface area (Å²) in [5.41, 5.74) is 2.74. The van der Waals surface area contributed by atoms with Gasteiger partial charge in [0.2, 0.25) is 5.88 Å². The van der Waals surface area contributed by atoms with E-state index >= 15 is 0 Å². The molecule has 2 heterocycles. The fraction of sp³-hybridized carbons (Fsp3) is 0.217. The predicted octanol–water partition coefficient (Wildman–Crippen LogP) is 4.02. The van der Waals surface area contributed by atoms with E-state index in [1.807, 2.05) is 37.3 Å². The first kappa shape index (κ1) is 21.6. The summed E-state index contributed by atoms with van der Waals surface area (Å²) in [4.78, 5) is 34.6. The van der Waals surface area contributed by atoms with Gasteiger partial charge in [0.1, 0.15) is 12.0 Å². The van der Waals surface area contributed by atoms with Crippen molar-refractivity contribution in [3.05, 3.63) is 76.6 Å². The van der Waals surface area contributed by atoms with Crippen LogP contribution in [0.25, 0.3) is 0 Å². The number of fused-ring (bicyclic) bond motifs is 1. The zero-order chi connectivity index (χ0) is 22.7. The molecule has 0 saturated heterocycles. The highest BCUT2D eigenvalue weighted by Gasteiger charge is 2.31. The summed E-state index contributed by atoms with van der Waals surface area (Å²) < 4.78 is 10.3. The quantitative estimate of drug-likeness (QED) is 0.564. The maximum atomic E-state index is 12.7. The standard InChI is InChI=1S/C23H21ClN4O4/c1-14(16-6-8-17(9-7-16)23(30)31-2)27-21-20-22(26-13-25-21)32-12-19(29)28(20)11-15-4-3-5-18(24)10-15/h3-10,13-14H,11-12H2,1-2H3,(H,25,26,27). The van der Waals surface area contributed by atoms with Gasteiger partial charge in [-0.05, 0) is 42.3 Å². The smallest absolute Gasteiger partial charge is 0.337 e. The van der Waals surface area contributed by atoms with Gasteiger partial charge in [-0.15, -0.1) is 0 Å². The van der Waals surface area contributed by atoms with Gasteiger partial charge in [0.05, 0.1) is 25.3 Å². The summed E-state index contributed by atoms with van der Waals surface area (Å²) >= 11 is 6.11. The minimum Gasteiger partial charge on any atom is -0.466 e. The second-order valence-corrected chi connectivity index (χ2v) is 7.69. The van der Waals surface area contributed by atoms with Crippen molar-refractivity contribution in [2.75, 3.05) is 23.9 Å². The van der Waals surface area contributed by atoms with Gasteiger partial charge in [-0.2, -0.15) is 4.98 Å². The number of amides is 1. The van der Waals surface area contributed by atoms with E-state index < -0.39 is 5.97 Å². The Hall–Kier alpha value is -3.65. The van der Waals surface area contributed by atoms with Gasteiger partial charge < -0.3 is 14.8 Å². The molecule has 32 heavy (non-hydrogen) atoms. The first-order chi connectivity index (χ1) is 15.5. The molecule has 9 heteroatoms. The molecule has 0 saturated carbocycles. The number of ether oxygens (including phenoxy) is 2. The highest BCUT2D eigenvalue weighted by Crippen LogP contribution is 2.38. The van der Waals surface area contributed by atoms with Gasteiger partial charge >= 0.3 is 5.97 Å². The van der Waals surface area contributed by atoms with E-state index in [-0.39, 0.29) is 18.6 Å². The molecule has 8 nitrogen and oxygen atoms in total. The van der Waals surface area contributed by atoms with Gasteiger partial charge in [0.15, 0.2) is 12.4 Å². The van der Waals surface area contributed by atoms with Crippen LogP contribution < -0.4 is 15.0 Å². The maximum absolute atomic E-state index is 12.7. The molecule has 1 N–H and O–H groups in total. The normalized spacial score (nSPS) is 13.7. The van der Waals surface area contributed by atoms with Crippen molar-refractivity contribution in [2.24, 2.45) is 0 Å². The molecule has 3 aromatic rings. The number of carbonyl (C=O) groups is 2. The van der Waals surface area contributed by atoms with Crippen LogP contribution in [-0.2, 0) is 16.1 Å². The van der Waals surface area contributed by atoms with Crippen LogP contribution in [0.5, 0.6) is 5.88 Å². The Morgan fingerprint density at radius 3 is 2.75 bits per heavy atom. The van der Waals surface area contributed by atoms with Crippen LogP contribution in [0.1, 0.15) is 34.5 Å². The molecule has 0 fully saturated rings. The molecule has 0 bridgehead atoms. The van der Waals surface area contributed by atoms with Crippen LogP contribution in [-0.4, -0.2) is 35.6 Å². The topological polar surface area (TPSA) is 93.6 Å². The Balaban J connectivity index is 1.62. The number of halogens is 1. The average molecular weight is 453 g/mol. The molecule has 0 radical (unpaired) electrons. The Labute approximate surface area is 190 Å². The highest BCUT2D eigenvalue weighted by atomic mass is 35.5. The van der Waals surface area contributed by atoms with Crippen molar-refractivity contribution < 1.29 is 19.1 Å². The SMILES string of the molecule is COC(=O)c1ccc(C(C)Nc2ncnc3c2N(Cc2cccc(Cl)c2)C(=O)CO3)cc1. The average Bonchev–Trinajstić information content (AvgIpc) is 2.80. The Bertz CT molecular complexity index is 1150. The third-order valence-corrected chi connectivity index (χ3v) is 5.34. The van der Waals surface area contributed by atoms with E-state index in [9.17, 15) is 9.59 Å². The number of hydrogen-bond acceptors (Lipinski definition) is 7. The van der Waals surface area contributed by atoms with Crippen molar-refractivity contribution >= 4 is 35.0 Å². The molecule has 2 aromatic carbocycles. The third-order valence-electron chi connectivity index (χ3n) is 5.11. The maximum Gasteiger partial charge on any atom is 0.337 e. The lowest BCUT2D eigenvalue weighted by molar-refractivity contribution is -0.121. The number of esters is 1. The van der Waals surface area contributed by atoms with Gasteiger partial charge in [0, 0.05) is 5.02 Å². The molecule has 4 rings (SSSR count). The first-order valence-electron chi connectivity index (χ1n) is 9.93. The minimum absolute atomic E-state index is 0.103. The van der Waals surface area contributed by atoms with Crippen LogP contribution >= 0.6 is 11.6 Å². The number of nitrogens with one attached hydrogen (secondary N) is 1. The fourth-order valence-corrected chi connectivity index (χ4v) is 3.66. The second-order valence-electron chi connectivity index (χ2n) is 7.25. The van der Waals surface area contributed by atoms with Gasteiger partial charge in [-0.3, -0.25) is 9.69 Å². The third kappa shape index (κ3) is 4.50. The molecule has 1 aromatic heterocycles. The number of rotatable bonds is 6. The van der Waals surface area contributed by atoms with Crippen LogP contribution in [0.2, 0.25) is 5.02 Å². The monoisotopic (exact) mass is 452 g/mol. The first-order valence-corrected chi connectivity index (χ1v) is 10.3. The van der Waals surface area contributed by atoms with E-state index in [0.717, 1.165) is 11.1 Å². The molecular weight excluding hydrogens is 432 g/mol. The van der Waals surface area contributed by atoms with Crippen molar-refractivity contribution in [1.29, 1.82) is 0 Å². The lowest BCUT2D eigenvalue weighted by Gasteiger charge is -2.30. The number of nitrogens with zero attached hydrogens (tertiary/aromatic N) is 3. The van der Waals surface area contributed by atoms with Crippen LogP contribution in [0.15, 0.2) is 54.9 Å². The van der Waals surface area contributed by atoms with Crippen LogP contribution in [0.4, 0.5) is 11.5 Å². The lowest BCUT2D eigenvalue weighted by atomic mass is 10.1. The largest absolute Gasteiger partial charge is 0.466 e. The molecule has 1 aliphatic heterocycles. The number of carbonyl (C=O) groups excluding carboxylic acids is 2. The van der Waals surface area contributed by atoms with Crippen molar-refractivity contribution in [1.82, 2.24) is 9.97 Å². The van der Waals surface area contributed by atoms with Gasteiger partial charge in [-0.1, -0.05) is 35.9 Å². The molecule has 0 aliphatic carbocycles. The summed E-state index contributed by atoms with van der Waals surface area (Å²) in [6, 6.07) is 14.2. The summed E-state index contributed by atoms with van der Waals surface area (Å²) in [6.07, 6.45) is 1.39. The number of benzene rings is 2. The summed E-state index contributed by atoms with van der Waals surface area (Å²) in [5.74, 6) is 0.201.